The molecule has 1 rings (SSSR count). The van der Waals surface area contributed by atoms with E-state index in [1.807, 2.05) is 13.8 Å². The van der Waals surface area contributed by atoms with Crippen LogP contribution in [0.15, 0.2) is 4.99 Å². The third-order valence-corrected chi connectivity index (χ3v) is 0.923. The fourth-order valence-corrected chi connectivity index (χ4v) is 0.551. The lowest BCUT2D eigenvalue weighted by atomic mass is 10.4. The third-order valence-electron chi connectivity index (χ3n) is 0.923. The topological polar surface area (TPSA) is 50.4 Å². The highest BCUT2D eigenvalue weighted by atomic mass is 15.1. The summed E-state index contributed by atoms with van der Waals surface area (Å²) >= 11 is 0. The maximum Gasteiger partial charge on any atom is 0.188 e. The van der Waals surface area contributed by atoms with E-state index in [-0.39, 0.29) is 0 Å². The minimum Gasteiger partial charge on any atom is -0.370 e. The van der Waals surface area contributed by atoms with Crippen LogP contribution in [0.4, 0.5) is 0 Å². The van der Waals surface area contributed by atoms with Crippen LogP contribution < -0.4 is 11.1 Å². The first-order valence-electron chi connectivity index (χ1n) is 3.43. The summed E-state index contributed by atoms with van der Waals surface area (Å²) in [7, 11) is 0. The molecule has 0 radical (unpaired) electrons. The van der Waals surface area contributed by atoms with Gasteiger partial charge in [-0.2, -0.15) is 0 Å². The Kier molecular flexibility index (Phi) is 4.97. The summed E-state index contributed by atoms with van der Waals surface area (Å²) in [6, 6.07) is 0. The van der Waals surface area contributed by atoms with Crippen LogP contribution in [-0.2, 0) is 0 Å². The van der Waals surface area contributed by atoms with Crippen LogP contribution in [0.5, 0.6) is 0 Å². The van der Waals surface area contributed by atoms with E-state index in [0.29, 0.717) is 5.96 Å². The molecule has 1 heterocycles. The van der Waals surface area contributed by atoms with Gasteiger partial charge in [0.1, 0.15) is 0 Å². The second-order valence-electron chi connectivity index (χ2n) is 1.55. The molecular formula is C6H15N3. The van der Waals surface area contributed by atoms with E-state index in [1.54, 1.807) is 0 Å². The molecule has 0 bridgehead atoms. The number of nitrogens with two attached hydrogens (primary N) is 1. The summed E-state index contributed by atoms with van der Waals surface area (Å²) in [6.45, 7) is 5.87. The van der Waals surface area contributed by atoms with Gasteiger partial charge < -0.3 is 11.1 Å². The molecule has 3 nitrogen and oxygen atoms in total. The normalized spacial score (nSPS) is 16.4. The highest BCUT2D eigenvalue weighted by Crippen LogP contribution is 1.83. The Hall–Kier alpha value is -0.730. The molecule has 0 fully saturated rings. The van der Waals surface area contributed by atoms with E-state index in [2.05, 4.69) is 10.3 Å². The van der Waals surface area contributed by atoms with Crippen molar-refractivity contribution < 1.29 is 0 Å². The molecule has 0 aromatic heterocycles. The molecule has 54 valence electrons. The Morgan fingerprint density at radius 1 is 1.56 bits per heavy atom. The minimum atomic E-state index is 0.589. The fourth-order valence-electron chi connectivity index (χ4n) is 0.551. The molecule has 0 aliphatic carbocycles. The largest absolute Gasteiger partial charge is 0.370 e. The van der Waals surface area contributed by atoms with Gasteiger partial charge in [0, 0.05) is 13.1 Å². The second kappa shape index (κ2) is 5.41. The van der Waals surface area contributed by atoms with Gasteiger partial charge in [0.05, 0.1) is 0 Å². The van der Waals surface area contributed by atoms with Crippen molar-refractivity contribution in [3.63, 3.8) is 0 Å². The van der Waals surface area contributed by atoms with Gasteiger partial charge in [-0.05, 0) is 6.42 Å². The van der Waals surface area contributed by atoms with Crippen LogP contribution in [0.2, 0.25) is 0 Å². The Balaban J connectivity index is 0.000000291. The van der Waals surface area contributed by atoms with Crippen molar-refractivity contribution in [2.75, 3.05) is 13.1 Å². The van der Waals surface area contributed by atoms with Gasteiger partial charge in [-0.3, -0.25) is 4.99 Å². The van der Waals surface area contributed by atoms with Crippen molar-refractivity contribution in [3.05, 3.63) is 0 Å². The minimum absolute atomic E-state index is 0.589. The fraction of sp³-hybridized carbons (Fsp3) is 0.833. The number of nitrogens with one attached hydrogen (secondary N) is 1. The predicted octanol–water partition coefficient (Wildman–Crippen LogP) is 0.321. The standard InChI is InChI=1S/C4H9N3.C2H6/c5-4-6-2-1-3-7-4;1-2/h1-3H2,(H3,5,6,7);1-2H3. The van der Waals surface area contributed by atoms with Gasteiger partial charge in [0.25, 0.3) is 0 Å². The van der Waals surface area contributed by atoms with E-state index < -0.39 is 0 Å². The van der Waals surface area contributed by atoms with Crippen LogP contribution in [0.3, 0.4) is 0 Å². The summed E-state index contributed by atoms with van der Waals surface area (Å²) in [5, 5.41) is 2.91. The molecule has 0 aromatic rings. The number of guanidine groups is 1. The second-order valence-corrected chi connectivity index (χ2v) is 1.55. The van der Waals surface area contributed by atoms with Gasteiger partial charge in [0.15, 0.2) is 5.96 Å². The first-order chi connectivity index (χ1) is 4.39. The summed E-state index contributed by atoms with van der Waals surface area (Å²) in [5.41, 5.74) is 5.27. The molecule has 0 saturated carbocycles. The molecule has 1 aliphatic heterocycles. The molecule has 1 aliphatic rings. The van der Waals surface area contributed by atoms with Gasteiger partial charge in [0.2, 0.25) is 0 Å². The lowest BCUT2D eigenvalue weighted by molar-refractivity contribution is 0.736. The highest BCUT2D eigenvalue weighted by molar-refractivity contribution is 5.78. The van der Waals surface area contributed by atoms with Crippen molar-refractivity contribution in [1.29, 1.82) is 0 Å². The van der Waals surface area contributed by atoms with Gasteiger partial charge >= 0.3 is 0 Å². The van der Waals surface area contributed by atoms with Crippen LogP contribution in [-0.4, -0.2) is 19.0 Å². The maximum absolute atomic E-state index is 5.27. The third kappa shape index (κ3) is 3.82. The lowest BCUT2D eigenvalue weighted by Gasteiger charge is -2.08. The molecular weight excluding hydrogens is 114 g/mol. The lowest BCUT2D eigenvalue weighted by Crippen LogP contribution is -2.35. The quantitative estimate of drug-likeness (QED) is 0.495. The summed E-state index contributed by atoms with van der Waals surface area (Å²) in [4.78, 5) is 3.91. The molecule has 3 N–H and O–H groups in total. The van der Waals surface area contributed by atoms with Crippen LogP contribution in [0, 0.1) is 0 Å². The Morgan fingerprint density at radius 3 is 2.44 bits per heavy atom. The molecule has 0 aromatic carbocycles. The van der Waals surface area contributed by atoms with E-state index >= 15 is 0 Å². The Labute approximate surface area is 56.3 Å². The molecule has 0 saturated heterocycles. The molecule has 3 heteroatoms. The van der Waals surface area contributed by atoms with Gasteiger partial charge in [-0.15, -0.1) is 0 Å². The average molecular weight is 129 g/mol. The van der Waals surface area contributed by atoms with E-state index in [9.17, 15) is 0 Å². The molecule has 0 unspecified atom stereocenters. The monoisotopic (exact) mass is 129 g/mol. The number of nitrogens with zero attached hydrogens (tertiary/aromatic N) is 1. The number of aliphatic imine (C=N–C) groups is 1. The summed E-state index contributed by atoms with van der Waals surface area (Å²) in [5.74, 6) is 0.589. The van der Waals surface area contributed by atoms with E-state index in [4.69, 9.17) is 5.73 Å². The van der Waals surface area contributed by atoms with Crippen molar-refractivity contribution in [2.45, 2.75) is 20.3 Å². The first kappa shape index (κ1) is 8.27. The summed E-state index contributed by atoms with van der Waals surface area (Å²) in [6.07, 6.45) is 1.11. The van der Waals surface area contributed by atoms with Crippen molar-refractivity contribution in [2.24, 2.45) is 10.7 Å². The number of hydrogen-bond donors (Lipinski definition) is 2. The first-order valence-corrected chi connectivity index (χ1v) is 3.43. The van der Waals surface area contributed by atoms with Gasteiger partial charge in [-0.1, -0.05) is 13.8 Å². The molecule has 0 amide bonds. The smallest absolute Gasteiger partial charge is 0.188 e. The van der Waals surface area contributed by atoms with E-state index in [0.717, 1.165) is 19.5 Å². The van der Waals surface area contributed by atoms with Crippen LogP contribution in [0.1, 0.15) is 20.3 Å². The zero-order valence-electron chi connectivity index (χ0n) is 6.15. The Morgan fingerprint density at radius 2 is 2.22 bits per heavy atom. The number of hydrogen-bond acceptors (Lipinski definition) is 3. The van der Waals surface area contributed by atoms with Crippen molar-refractivity contribution in [1.82, 2.24) is 5.32 Å². The summed E-state index contributed by atoms with van der Waals surface area (Å²) < 4.78 is 0. The van der Waals surface area contributed by atoms with Crippen LogP contribution >= 0.6 is 0 Å². The van der Waals surface area contributed by atoms with E-state index in [1.165, 1.54) is 0 Å². The maximum atomic E-state index is 5.27. The molecule has 9 heavy (non-hydrogen) atoms. The average Bonchev–Trinajstić information content (AvgIpc) is 1.94. The highest BCUT2D eigenvalue weighted by Gasteiger charge is 1.94. The van der Waals surface area contributed by atoms with Gasteiger partial charge in [-0.25, -0.2) is 0 Å². The zero-order chi connectivity index (χ0) is 7.11. The Bertz CT molecular complexity index is 88.3. The number of rotatable bonds is 0. The molecule has 0 spiro atoms. The van der Waals surface area contributed by atoms with Crippen molar-refractivity contribution >= 4 is 5.96 Å². The molecule has 0 atom stereocenters. The SMILES string of the molecule is CC.NC1=NCCCN1. The zero-order valence-corrected chi connectivity index (χ0v) is 6.15. The van der Waals surface area contributed by atoms with Crippen LogP contribution in [0.25, 0.3) is 0 Å². The van der Waals surface area contributed by atoms with Crippen molar-refractivity contribution in [3.8, 4) is 0 Å². The predicted molar refractivity (Wildman–Crippen MR) is 40.5 cm³/mol.